The molecule has 0 aromatic rings. The van der Waals surface area contributed by atoms with Crippen LogP contribution in [0, 0.1) is 0 Å². The van der Waals surface area contributed by atoms with Gasteiger partial charge < -0.3 is 10.8 Å². The molecule has 0 aromatic heterocycles. The Morgan fingerprint density at radius 3 is 2.62 bits per heavy atom. The largest absolute Gasteiger partial charge is 0.393 e. The molecule has 0 aromatic carbocycles. The predicted molar refractivity (Wildman–Crippen MR) is 34.5 cm³/mol. The average Bonchev–Trinajstić information content (AvgIpc) is 1.66. The van der Waals surface area contributed by atoms with Crippen LogP contribution in [0.2, 0.25) is 0 Å². The van der Waals surface area contributed by atoms with E-state index in [2.05, 4.69) is 0 Å². The second-order valence-corrected chi connectivity index (χ2v) is 1.79. The highest BCUT2D eigenvalue weighted by Gasteiger charge is 1.86. The summed E-state index contributed by atoms with van der Waals surface area (Å²) in [6, 6.07) is 0. The molecule has 3 N–H and O–H groups in total. The average molecular weight is 115 g/mol. The van der Waals surface area contributed by atoms with Gasteiger partial charge in [0.25, 0.3) is 0 Å². The van der Waals surface area contributed by atoms with E-state index in [1.165, 1.54) is 0 Å². The molecule has 0 aliphatic rings. The Kier molecular flexibility index (Phi) is 4.61. The van der Waals surface area contributed by atoms with Gasteiger partial charge in [0.15, 0.2) is 0 Å². The van der Waals surface area contributed by atoms with Crippen molar-refractivity contribution in [3.63, 3.8) is 0 Å². The van der Waals surface area contributed by atoms with Crippen LogP contribution in [-0.4, -0.2) is 17.8 Å². The molecule has 8 heavy (non-hydrogen) atoms. The molecular weight excluding hydrogens is 102 g/mol. The van der Waals surface area contributed by atoms with Crippen LogP contribution in [0.25, 0.3) is 0 Å². The molecule has 0 heterocycles. The standard InChI is InChI=1S/C6H13NO/c1-6(8)4-2-3-5-7/h2-3,6,8H,4-5,7H2,1H3/b3-2-/t6-/m1/s1. The second kappa shape index (κ2) is 4.81. The lowest BCUT2D eigenvalue weighted by Crippen LogP contribution is -1.97. The Hall–Kier alpha value is -0.340. The Bertz CT molecular complexity index is 68.9. The van der Waals surface area contributed by atoms with Crippen molar-refractivity contribution in [2.24, 2.45) is 5.73 Å². The summed E-state index contributed by atoms with van der Waals surface area (Å²) in [7, 11) is 0. The molecule has 0 bridgehead atoms. The van der Waals surface area contributed by atoms with Gasteiger partial charge >= 0.3 is 0 Å². The van der Waals surface area contributed by atoms with E-state index < -0.39 is 0 Å². The maximum atomic E-state index is 8.69. The van der Waals surface area contributed by atoms with Crippen molar-refractivity contribution in [1.29, 1.82) is 0 Å². The summed E-state index contributed by atoms with van der Waals surface area (Å²) in [5.41, 5.74) is 5.15. The third-order valence-corrected chi connectivity index (χ3v) is 0.780. The van der Waals surface area contributed by atoms with Gasteiger partial charge in [-0.25, -0.2) is 0 Å². The Morgan fingerprint density at radius 2 is 2.25 bits per heavy atom. The number of hydrogen-bond acceptors (Lipinski definition) is 2. The third kappa shape index (κ3) is 5.66. The monoisotopic (exact) mass is 115 g/mol. The molecule has 0 radical (unpaired) electrons. The van der Waals surface area contributed by atoms with Crippen molar-refractivity contribution < 1.29 is 5.11 Å². The first-order valence-corrected chi connectivity index (χ1v) is 2.80. The van der Waals surface area contributed by atoms with Gasteiger partial charge in [-0.2, -0.15) is 0 Å². The predicted octanol–water partition coefficient (Wildman–Crippen LogP) is 0.272. The SMILES string of the molecule is C[C@@H](O)C/C=C\CN. The van der Waals surface area contributed by atoms with Crippen LogP contribution in [0.15, 0.2) is 12.2 Å². The van der Waals surface area contributed by atoms with Crippen LogP contribution in [0.3, 0.4) is 0 Å². The van der Waals surface area contributed by atoms with Crippen LogP contribution in [0.1, 0.15) is 13.3 Å². The lowest BCUT2D eigenvalue weighted by molar-refractivity contribution is 0.198. The Morgan fingerprint density at radius 1 is 1.62 bits per heavy atom. The van der Waals surface area contributed by atoms with Crippen molar-refractivity contribution in [2.75, 3.05) is 6.54 Å². The first-order valence-electron chi connectivity index (χ1n) is 2.80. The summed E-state index contributed by atoms with van der Waals surface area (Å²) < 4.78 is 0. The van der Waals surface area contributed by atoms with E-state index in [9.17, 15) is 0 Å². The van der Waals surface area contributed by atoms with Crippen LogP contribution in [-0.2, 0) is 0 Å². The lowest BCUT2D eigenvalue weighted by Gasteiger charge is -1.94. The Balaban J connectivity index is 3.03. The van der Waals surface area contributed by atoms with Crippen molar-refractivity contribution in [3.05, 3.63) is 12.2 Å². The van der Waals surface area contributed by atoms with Crippen molar-refractivity contribution in [1.82, 2.24) is 0 Å². The molecule has 0 saturated carbocycles. The van der Waals surface area contributed by atoms with E-state index in [0.29, 0.717) is 13.0 Å². The van der Waals surface area contributed by atoms with Crippen LogP contribution >= 0.6 is 0 Å². The molecule has 0 rings (SSSR count). The van der Waals surface area contributed by atoms with E-state index in [-0.39, 0.29) is 6.10 Å². The van der Waals surface area contributed by atoms with E-state index in [4.69, 9.17) is 10.8 Å². The fraction of sp³-hybridized carbons (Fsp3) is 0.667. The van der Waals surface area contributed by atoms with Crippen molar-refractivity contribution >= 4 is 0 Å². The molecule has 0 amide bonds. The van der Waals surface area contributed by atoms with Gasteiger partial charge in [0.1, 0.15) is 0 Å². The van der Waals surface area contributed by atoms with Crippen molar-refractivity contribution in [2.45, 2.75) is 19.4 Å². The molecule has 0 fully saturated rings. The Labute approximate surface area is 50.0 Å². The minimum atomic E-state index is -0.238. The van der Waals surface area contributed by atoms with Crippen molar-refractivity contribution in [3.8, 4) is 0 Å². The molecule has 1 atom stereocenters. The van der Waals surface area contributed by atoms with Gasteiger partial charge in [-0.05, 0) is 13.3 Å². The summed E-state index contributed by atoms with van der Waals surface area (Å²) in [5.74, 6) is 0. The molecule has 0 aliphatic heterocycles. The number of nitrogens with two attached hydrogens (primary N) is 1. The molecule has 0 unspecified atom stereocenters. The molecule has 0 aliphatic carbocycles. The third-order valence-electron chi connectivity index (χ3n) is 0.780. The number of aliphatic hydroxyl groups excluding tert-OH is 1. The smallest absolute Gasteiger partial charge is 0.0546 e. The fourth-order valence-corrected chi connectivity index (χ4v) is 0.389. The van der Waals surface area contributed by atoms with E-state index in [0.717, 1.165) is 0 Å². The summed E-state index contributed by atoms with van der Waals surface area (Å²) in [6.45, 7) is 2.31. The number of rotatable bonds is 3. The molecule has 48 valence electrons. The second-order valence-electron chi connectivity index (χ2n) is 1.79. The highest BCUT2D eigenvalue weighted by atomic mass is 16.3. The normalized spacial score (nSPS) is 14.9. The summed E-state index contributed by atoms with van der Waals surface area (Å²) in [6.07, 6.45) is 4.19. The molecule has 0 spiro atoms. The zero-order valence-electron chi connectivity index (χ0n) is 5.17. The van der Waals surface area contributed by atoms with Gasteiger partial charge in [-0.15, -0.1) is 0 Å². The highest BCUT2D eigenvalue weighted by Crippen LogP contribution is 1.88. The summed E-state index contributed by atoms with van der Waals surface area (Å²) >= 11 is 0. The molecule has 2 heteroatoms. The topological polar surface area (TPSA) is 46.2 Å². The van der Waals surface area contributed by atoms with Crippen LogP contribution in [0.5, 0.6) is 0 Å². The molecule has 2 nitrogen and oxygen atoms in total. The molecular formula is C6H13NO. The maximum absolute atomic E-state index is 8.69. The zero-order chi connectivity index (χ0) is 6.41. The first kappa shape index (κ1) is 7.66. The lowest BCUT2D eigenvalue weighted by atomic mass is 10.3. The highest BCUT2D eigenvalue weighted by molar-refractivity contribution is 4.83. The minimum Gasteiger partial charge on any atom is -0.393 e. The van der Waals surface area contributed by atoms with Gasteiger partial charge in [-0.1, -0.05) is 12.2 Å². The van der Waals surface area contributed by atoms with E-state index in [1.54, 1.807) is 6.92 Å². The zero-order valence-corrected chi connectivity index (χ0v) is 5.17. The van der Waals surface area contributed by atoms with Crippen LogP contribution in [0.4, 0.5) is 0 Å². The van der Waals surface area contributed by atoms with Gasteiger partial charge in [-0.3, -0.25) is 0 Å². The van der Waals surface area contributed by atoms with Gasteiger partial charge in [0, 0.05) is 6.54 Å². The van der Waals surface area contributed by atoms with Gasteiger partial charge in [0.05, 0.1) is 6.10 Å². The molecule has 0 saturated heterocycles. The maximum Gasteiger partial charge on any atom is 0.0546 e. The summed E-state index contributed by atoms with van der Waals surface area (Å²) in [5, 5.41) is 8.69. The number of aliphatic hydroxyl groups is 1. The van der Waals surface area contributed by atoms with Crippen LogP contribution < -0.4 is 5.73 Å². The minimum absolute atomic E-state index is 0.238. The fourth-order valence-electron chi connectivity index (χ4n) is 0.389. The first-order chi connectivity index (χ1) is 3.77. The van der Waals surface area contributed by atoms with E-state index in [1.807, 2.05) is 12.2 Å². The quantitative estimate of drug-likeness (QED) is 0.519. The summed E-state index contributed by atoms with van der Waals surface area (Å²) in [4.78, 5) is 0. The van der Waals surface area contributed by atoms with Gasteiger partial charge in [0.2, 0.25) is 0 Å². The van der Waals surface area contributed by atoms with E-state index >= 15 is 0 Å². The number of hydrogen-bond donors (Lipinski definition) is 2.